The Kier molecular flexibility index (Phi) is 3.54. The number of rotatable bonds is 3. The average molecular weight is 331 g/mol. The number of nitrogens with two attached hydrogens (primary N) is 1. The first-order valence-corrected chi connectivity index (χ1v) is 8.03. The molecule has 0 unspecified atom stereocenters. The standard InChI is InChI=1S/C10H14N5O6P/c11-10-13-8-7(9(17)14-10)12-3-15(8)2-5-4(16)1-6(21-5)22(18,19)20/h3-6,16H,1-2H2,(H2,18,19,20)(H3,11,13,14,17)/t4-,5+,6+/m0/s1. The van der Waals surface area contributed by atoms with E-state index in [1.54, 1.807) is 0 Å². The van der Waals surface area contributed by atoms with Crippen molar-refractivity contribution in [2.24, 2.45) is 0 Å². The third kappa shape index (κ3) is 2.64. The summed E-state index contributed by atoms with van der Waals surface area (Å²) in [6.45, 7) is 0.0318. The summed E-state index contributed by atoms with van der Waals surface area (Å²) in [5.74, 6) is -1.43. The summed E-state index contributed by atoms with van der Waals surface area (Å²) in [5.41, 5.74) is 5.26. The summed E-state index contributed by atoms with van der Waals surface area (Å²) < 4.78 is 17.8. The van der Waals surface area contributed by atoms with Gasteiger partial charge in [0.2, 0.25) is 5.95 Å². The Balaban J connectivity index is 1.88. The van der Waals surface area contributed by atoms with Gasteiger partial charge in [-0.05, 0) is 0 Å². The molecular formula is C10H14N5O6P. The van der Waals surface area contributed by atoms with E-state index in [2.05, 4.69) is 15.0 Å². The van der Waals surface area contributed by atoms with Crippen LogP contribution in [-0.2, 0) is 15.8 Å². The zero-order valence-corrected chi connectivity index (χ0v) is 12.1. The van der Waals surface area contributed by atoms with Crippen molar-refractivity contribution in [1.82, 2.24) is 19.5 Å². The van der Waals surface area contributed by atoms with Gasteiger partial charge in [-0.25, -0.2) is 4.98 Å². The molecule has 2 aromatic rings. The van der Waals surface area contributed by atoms with E-state index in [0.29, 0.717) is 0 Å². The molecule has 1 aliphatic rings. The summed E-state index contributed by atoms with van der Waals surface area (Å²) in [6.07, 6.45) is -0.739. The number of aliphatic hydroxyl groups is 1. The maximum absolute atomic E-state index is 11.7. The lowest BCUT2D eigenvalue weighted by molar-refractivity contribution is 0.0163. The van der Waals surface area contributed by atoms with Crippen molar-refractivity contribution in [1.29, 1.82) is 0 Å². The van der Waals surface area contributed by atoms with Crippen LogP contribution in [0, 0.1) is 0 Å². The van der Waals surface area contributed by atoms with E-state index in [4.69, 9.17) is 20.3 Å². The van der Waals surface area contributed by atoms with Crippen LogP contribution in [0.25, 0.3) is 11.2 Å². The molecule has 0 aromatic carbocycles. The Labute approximate surface area is 122 Å². The first-order valence-electron chi connectivity index (χ1n) is 6.35. The molecule has 3 rings (SSSR count). The first kappa shape index (κ1) is 15.1. The van der Waals surface area contributed by atoms with Crippen LogP contribution < -0.4 is 11.3 Å². The zero-order valence-electron chi connectivity index (χ0n) is 11.2. The monoisotopic (exact) mass is 331 g/mol. The van der Waals surface area contributed by atoms with Crippen LogP contribution >= 0.6 is 7.60 Å². The van der Waals surface area contributed by atoms with Crippen molar-refractivity contribution in [3.05, 3.63) is 16.7 Å². The fourth-order valence-electron chi connectivity index (χ4n) is 2.39. The Morgan fingerprint density at radius 3 is 2.91 bits per heavy atom. The van der Waals surface area contributed by atoms with E-state index in [1.165, 1.54) is 10.9 Å². The fraction of sp³-hybridized carbons (Fsp3) is 0.500. The number of nitrogen functional groups attached to an aromatic ring is 1. The van der Waals surface area contributed by atoms with Crippen molar-refractivity contribution in [2.75, 3.05) is 5.73 Å². The highest BCUT2D eigenvalue weighted by Crippen LogP contribution is 2.48. The molecule has 11 nitrogen and oxygen atoms in total. The minimum atomic E-state index is -4.44. The van der Waals surface area contributed by atoms with Crippen molar-refractivity contribution in [3.8, 4) is 0 Å². The summed E-state index contributed by atoms with van der Waals surface area (Å²) in [7, 11) is -4.44. The van der Waals surface area contributed by atoms with Gasteiger partial charge in [0.15, 0.2) is 17.0 Å². The number of nitrogens with zero attached hydrogens (tertiary/aromatic N) is 3. The molecule has 1 saturated heterocycles. The number of aromatic nitrogens is 4. The highest BCUT2D eigenvalue weighted by molar-refractivity contribution is 7.52. The summed E-state index contributed by atoms with van der Waals surface area (Å²) in [5, 5.41) is 9.89. The largest absolute Gasteiger partial charge is 0.390 e. The predicted octanol–water partition coefficient (Wildman–Crippen LogP) is -1.64. The predicted molar refractivity (Wildman–Crippen MR) is 73.9 cm³/mol. The van der Waals surface area contributed by atoms with Gasteiger partial charge in [0.05, 0.1) is 19.0 Å². The third-order valence-corrected chi connectivity index (χ3v) is 4.53. The van der Waals surface area contributed by atoms with Gasteiger partial charge < -0.3 is 29.9 Å². The SMILES string of the molecule is Nc1nc2c(ncn2C[C@H]2O[C@H](P(=O)(O)O)C[C@@H]2O)c(=O)[nH]1. The number of anilines is 1. The molecule has 3 heterocycles. The second-order valence-corrected chi connectivity index (χ2v) is 6.80. The zero-order chi connectivity index (χ0) is 16.1. The average Bonchev–Trinajstić information content (AvgIpc) is 2.95. The van der Waals surface area contributed by atoms with Crippen molar-refractivity contribution in [2.45, 2.75) is 31.0 Å². The number of fused-ring (bicyclic) bond motifs is 1. The second kappa shape index (κ2) is 5.14. The number of hydrogen-bond donors (Lipinski definition) is 5. The summed E-state index contributed by atoms with van der Waals surface area (Å²) in [6, 6.07) is 0. The third-order valence-electron chi connectivity index (χ3n) is 3.45. The molecule has 1 aliphatic heterocycles. The van der Waals surface area contributed by atoms with Gasteiger partial charge in [0.1, 0.15) is 6.10 Å². The number of ether oxygens (including phenoxy) is 1. The number of aromatic amines is 1. The molecule has 0 amide bonds. The van der Waals surface area contributed by atoms with E-state index in [1.807, 2.05) is 0 Å². The molecule has 0 aliphatic carbocycles. The minimum absolute atomic E-state index is 0.0318. The Morgan fingerprint density at radius 1 is 1.55 bits per heavy atom. The van der Waals surface area contributed by atoms with Crippen LogP contribution in [0.2, 0.25) is 0 Å². The van der Waals surface area contributed by atoms with Crippen molar-refractivity contribution in [3.63, 3.8) is 0 Å². The molecule has 0 bridgehead atoms. The van der Waals surface area contributed by atoms with Gasteiger partial charge in [-0.15, -0.1) is 0 Å². The van der Waals surface area contributed by atoms with Gasteiger partial charge in [-0.3, -0.25) is 14.3 Å². The molecule has 0 radical (unpaired) electrons. The maximum atomic E-state index is 11.7. The molecule has 12 heteroatoms. The van der Waals surface area contributed by atoms with Crippen LogP contribution in [0.1, 0.15) is 6.42 Å². The molecule has 120 valence electrons. The lowest BCUT2D eigenvalue weighted by Gasteiger charge is -2.16. The van der Waals surface area contributed by atoms with Crippen molar-refractivity contribution >= 4 is 24.7 Å². The van der Waals surface area contributed by atoms with E-state index >= 15 is 0 Å². The Morgan fingerprint density at radius 2 is 2.27 bits per heavy atom. The van der Waals surface area contributed by atoms with E-state index in [0.717, 1.165) is 0 Å². The number of hydrogen-bond acceptors (Lipinski definition) is 7. The molecule has 0 saturated carbocycles. The molecule has 22 heavy (non-hydrogen) atoms. The topological polar surface area (TPSA) is 177 Å². The second-order valence-electron chi connectivity index (χ2n) is 5.04. The van der Waals surface area contributed by atoms with Crippen LogP contribution in [0.15, 0.2) is 11.1 Å². The van der Waals surface area contributed by atoms with Gasteiger partial charge in [0, 0.05) is 6.42 Å². The highest BCUT2D eigenvalue weighted by Gasteiger charge is 2.43. The Bertz CT molecular complexity index is 812. The van der Waals surface area contributed by atoms with Crippen molar-refractivity contribution < 1.29 is 24.2 Å². The quantitative estimate of drug-likeness (QED) is 0.412. The highest BCUT2D eigenvalue weighted by atomic mass is 31.2. The number of H-pyrrole nitrogens is 1. The van der Waals surface area contributed by atoms with Gasteiger partial charge >= 0.3 is 7.60 Å². The van der Waals surface area contributed by atoms with Crippen LogP contribution in [0.5, 0.6) is 0 Å². The maximum Gasteiger partial charge on any atom is 0.354 e. The summed E-state index contributed by atoms with van der Waals surface area (Å²) >= 11 is 0. The van der Waals surface area contributed by atoms with Crippen LogP contribution in [-0.4, -0.2) is 52.5 Å². The van der Waals surface area contributed by atoms with Gasteiger partial charge in [-0.1, -0.05) is 0 Å². The van der Waals surface area contributed by atoms with E-state index in [9.17, 15) is 14.5 Å². The van der Waals surface area contributed by atoms with E-state index < -0.39 is 31.2 Å². The molecule has 2 aromatic heterocycles. The molecule has 1 fully saturated rings. The lowest BCUT2D eigenvalue weighted by Crippen LogP contribution is -2.26. The number of aliphatic hydroxyl groups excluding tert-OH is 1. The van der Waals surface area contributed by atoms with Crippen LogP contribution in [0.4, 0.5) is 5.95 Å². The minimum Gasteiger partial charge on any atom is -0.390 e. The lowest BCUT2D eigenvalue weighted by atomic mass is 10.2. The number of imidazole rings is 1. The van der Waals surface area contributed by atoms with Gasteiger partial charge in [-0.2, -0.15) is 4.98 Å². The smallest absolute Gasteiger partial charge is 0.354 e. The molecule has 0 spiro atoms. The Hall–Kier alpha value is -1.78. The fourth-order valence-corrected chi connectivity index (χ4v) is 3.19. The number of nitrogens with one attached hydrogen (secondary N) is 1. The van der Waals surface area contributed by atoms with Crippen LogP contribution in [0.3, 0.4) is 0 Å². The molecule has 3 atom stereocenters. The molecule has 6 N–H and O–H groups in total. The van der Waals surface area contributed by atoms with Gasteiger partial charge in [0.25, 0.3) is 5.56 Å². The van der Waals surface area contributed by atoms with E-state index in [-0.39, 0.29) is 30.1 Å². The normalized spacial score (nSPS) is 25.9. The first-order chi connectivity index (χ1) is 10.3. The molecular weight excluding hydrogens is 317 g/mol. The summed E-state index contributed by atoms with van der Waals surface area (Å²) in [4.78, 5) is 40.0.